The number of anilines is 1. The summed E-state index contributed by atoms with van der Waals surface area (Å²) in [5.41, 5.74) is 3.28. The first kappa shape index (κ1) is 21.3. The molecule has 1 saturated heterocycles. The predicted octanol–water partition coefficient (Wildman–Crippen LogP) is 5.00. The van der Waals surface area contributed by atoms with Gasteiger partial charge in [0, 0.05) is 23.7 Å². The molecule has 168 valence electrons. The molecule has 3 aromatic rings. The lowest BCUT2D eigenvalue weighted by Crippen LogP contribution is -2.51. The Morgan fingerprint density at radius 2 is 1.88 bits per heavy atom. The van der Waals surface area contributed by atoms with E-state index in [2.05, 4.69) is 27.8 Å². The summed E-state index contributed by atoms with van der Waals surface area (Å²) in [6, 6.07) is 20.5. The van der Waals surface area contributed by atoms with Gasteiger partial charge < -0.3 is 5.11 Å². The third-order valence-electron chi connectivity index (χ3n) is 7.36. The number of benzene rings is 3. The van der Waals surface area contributed by atoms with E-state index >= 15 is 0 Å². The molecule has 2 aliphatic rings. The second-order valence-corrected chi connectivity index (χ2v) is 11.2. The van der Waals surface area contributed by atoms with E-state index in [0.29, 0.717) is 17.5 Å². The van der Waals surface area contributed by atoms with Gasteiger partial charge in [-0.1, -0.05) is 48.9 Å². The average Bonchev–Trinajstić information content (AvgIpc) is 2.77. The summed E-state index contributed by atoms with van der Waals surface area (Å²) in [5.74, 6) is 0.335. The fourth-order valence-corrected chi connectivity index (χ4v) is 6.41. The van der Waals surface area contributed by atoms with Gasteiger partial charge >= 0.3 is 0 Å². The number of phenolic OH excluding ortho intramolecular Hbond substituents is 1. The molecule has 0 amide bonds. The first-order valence-corrected chi connectivity index (χ1v) is 13.2. The van der Waals surface area contributed by atoms with Gasteiger partial charge in [0.2, 0.25) is 10.0 Å². The van der Waals surface area contributed by atoms with Gasteiger partial charge in [0.25, 0.3) is 0 Å². The topological polar surface area (TPSA) is 69.6 Å². The Kier molecular flexibility index (Phi) is 5.38. The molecule has 32 heavy (non-hydrogen) atoms. The van der Waals surface area contributed by atoms with Crippen LogP contribution in [0.25, 0.3) is 10.8 Å². The minimum absolute atomic E-state index is 0.117. The number of nitrogens with zero attached hydrogens (tertiary/aromatic N) is 1. The van der Waals surface area contributed by atoms with Gasteiger partial charge in [-0.05, 0) is 72.4 Å². The van der Waals surface area contributed by atoms with Gasteiger partial charge in [-0.25, -0.2) is 8.42 Å². The van der Waals surface area contributed by atoms with Crippen molar-refractivity contribution in [2.24, 2.45) is 0 Å². The molecular weight excluding hydrogens is 420 g/mol. The van der Waals surface area contributed by atoms with Crippen molar-refractivity contribution in [3.05, 3.63) is 71.8 Å². The molecule has 2 atom stereocenters. The van der Waals surface area contributed by atoms with Gasteiger partial charge in [0.15, 0.2) is 0 Å². The van der Waals surface area contributed by atoms with Crippen LogP contribution >= 0.6 is 0 Å². The first-order valence-electron chi connectivity index (χ1n) is 11.4. The normalized spacial score (nSPS) is 23.8. The number of hydrogen-bond acceptors (Lipinski definition) is 4. The smallest absolute Gasteiger partial charge is 0.229 e. The van der Waals surface area contributed by atoms with Crippen LogP contribution in [0.15, 0.2) is 60.7 Å². The molecule has 1 aliphatic carbocycles. The zero-order valence-corrected chi connectivity index (χ0v) is 19.2. The van der Waals surface area contributed by atoms with E-state index < -0.39 is 10.0 Å². The molecule has 5 rings (SSSR count). The maximum atomic E-state index is 11.7. The molecule has 2 unspecified atom stereocenters. The molecule has 6 heteroatoms. The summed E-state index contributed by atoms with van der Waals surface area (Å²) in [4.78, 5) is 2.61. The highest BCUT2D eigenvalue weighted by Crippen LogP contribution is 2.48. The van der Waals surface area contributed by atoms with Crippen LogP contribution < -0.4 is 4.72 Å². The van der Waals surface area contributed by atoms with Crippen LogP contribution in [0.2, 0.25) is 0 Å². The van der Waals surface area contributed by atoms with Crippen LogP contribution in [-0.2, 0) is 22.0 Å². The highest BCUT2D eigenvalue weighted by molar-refractivity contribution is 7.92. The van der Waals surface area contributed by atoms with E-state index in [9.17, 15) is 13.5 Å². The second-order valence-electron chi connectivity index (χ2n) is 9.50. The van der Waals surface area contributed by atoms with Crippen LogP contribution in [0.5, 0.6) is 5.75 Å². The maximum absolute atomic E-state index is 11.7. The van der Waals surface area contributed by atoms with Crippen molar-refractivity contribution in [2.45, 2.75) is 50.1 Å². The first-order chi connectivity index (χ1) is 15.3. The number of piperidine rings is 1. The summed E-state index contributed by atoms with van der Waals surface area (Å²) < 4.78 is 26.0. The number of phenols is 1. The Morgan fingerprint density at radius 1 is 1.06 bits per heavy atom. The molecule has 1 aliphatic heterocycles. The Balaban J connectivity index is 1.39. The number of hydrogen-bond donors (Lipinski definition) is 2. The number of rotatable bonds is 5. The minimum atomic E-state index is -3.29. The van der Waals surface area contributed by atoms with Crippen LogP contribution in [0, 0.1) is 0 Å². The largest absolute Gasteiger partial charge is 0.507 e. The van der Waals surface area contributed by atoms with E-state index in [0.717, 1.165) is 43.1 Å². The van der Waals surface area contributed by atoms with E-state index in [1.165, 1.54) is 30.2 Å². The predicted molar refractivity (Wildman–Crippen MR) is 129 cm³/mol. The monoisotopic (exact) mass is 450 g/mol. The molecule has 0 aromatic heterocycles. The van der Waals surface area contributed by atoms with Gasteiger partial charge in [0.05, 0.1) is 6.26 Å². The highest BCUT2D eigenvalue weighted by Gasteiger charge is 2.43. The average molecular weight is 451 g/mol. The number of fused-ring (bicyclic) bond motifs is 3. The van der Waals surface area contributed by atoms with Crippen molar-refractivity contribution in [1.29, 1.82) is 0 Å². The van der Waals surface area contributed by atoms with Crippen molar-refractivity contribution in [2.75, 3.05) is 17.5 Å². The van der Waals surface area contributed by atoms with E-state index in [1.807, 2.05) is 42.5 Å². The van der Waals surface area contributed by atoms with Gasteiger partial charge in [0.1, 0.15) is 5.75 Å². The lowest BCUT2D eigenvalue weighted by atomic mass is 9.63. The van der Waals surface area contributed by atoms with Crippen molar-refractivity contribution >= 4 is 26.5 Å². The second kappa shape index (κ2) is 8.09. The van der Waals surface area contributed by atoms with Gasteiger partial charge in [-0.2, -0.15) is 0 Å². The van der Waals surface area contributed by atoms with Crippen molar-refractivity contribution < 1.29 is 13.5 Å². The molecular formula is C26H30N2O3S. The molecule has 2 N–H and O–H groups in total. The van der Waals surface area contributed by atoms with Crippen LogP contribution in [0.3, 0.4) is 0 Å². The molecule has 0 spiro atoms. The standard InChI is InChI=1S/C26H30N2O3S/c1-32(30,31)27-21-7-4-6-20(16-21)26-13-5-8-22(17-26)28(15-14-26)18-19-11-12-25(29)24-10-3-2-9-23(19)24/h2-4,6-7,9-12,16,22,27,29H,5,8,13-15,17-18H2,1H3. The van der Waals surface area contributed by atoms with Crippen LogP contribution in [0.4, 0.5) is 5.69 Å². The Labute approximate surface area is 190 Å². The number of sulfonamides is 1. The summed E-state index contributed by atoms with van der Waals surface area (Å²) in [7, 11) is -3.29. The maximum Gasteiger partial charge on any atom is 0.229 e. The SMILES string of the molecule is CS(=O)(=O)Nc1cccc(C23CCCC(C2)N(Cc2ccc(O)c4ccccc24)CC3)c1. The van der Waals surface area contributed by atoms with Gasteiger partial charge in [-0.15, -0.1) is 0 Å². The fraction of sp³-hybridized carbons (Fsp3) is 0.385. The third kappa shape index (κ3) is 4.09. The fourth-order valence-electron chi connectivity index (χ4n) is 5.85. The number of nitrogens with one attached hydrogen (secondary N) is 1. The summed E-state index contributed by atoms with van der Waals surface area (Å²) in [6.07, 6.45) is 6.90. The lowest BCUT2D eigenvalue weighted by molar-refractivity contribution is 0.0462. The van der Waals surface area contributed by atoms with E-state index in [1.54, 1.807) is 0 Å². The minimum Gasteiger partial charge on any atom is -0.507 e. The van der Waals surface area contributed by atoms with Crippen LogP contribution in [0.1, 0.15) is 43.2 Å². The zero-order chi connectivity index (χ0) is 22.3. The highest BCUT2D eigenvalue weighted by atomic mass is 32.2. The van der Waals surface area contributed by atoms with E-state index in [-0.39, 0.29) is 5.41 Å². The molecule has 3 aromatic carbocycles. The molecule has 1 saturated carbocycles. The Hall–Kier alpha value is -2.57. The van der Waals surface area contributed by atoms with Crippen molar-refractivity contribution in [3.8, 4) is 5.75 Å². The summed E-state index contributed by atoms with van der Waals surface area (Å²) >= 11 is 0. The lowest BCUT2D eigenvalue weighted by Gasteiger charge is -2.51. The molecule has 2 fully saturated rings. The molecule has 2 bridgehead atoms. The number of likely N-dealkylation sites (tertiary alicyclic amines) is 1. The van der Waals surface area contributed by atoms with Crippen molar-refractivity contribution in [3.63, 3.8) is 0 Å². The summed E-state index contributed by atoms with van der Waals surface area (Å²) in [5, 5.41) is 12.3. The summed E-state index contributed by atoms with van der Waals surface area (Å²) in [6.45, 7) is 1.90. The van der Waals surface area contributed by atoms with Crippen LogP contribution in [-0.4, -0.2) is 37.3 Å². The zero-order valence-electron chi connectivity index (χ0n) is 18.4. The molecule has 1 heterocycles. The van der Waals surface area contributed by atoms with Crippen molar-refractivity contribution in [1.82, 2.24) is 4.90 Å². The Morgan fingerprint density at radius 3 is 2.69 bits per heavy atom. The number of aromatic hydroxyl groups is 1. The third-order valence-corrected chi connectivity index (χ3v) is 7.96. The molecule has 0 radical (unpaired) electrons. The quantitative estimate of drug-likeness (QED) is 0.574. The van der Waals surface area contributed by atoms with E-state index in [4.69, 9.17) is 0 Å². The van der Waals surface area contributed by atoms with Gasteiger partial charge in [-0.3, -0.25) is 9.62 Å². The Bertz CT molecular complexity index is 1260. The molecule has 5 nitrogen and oxygen atoms in total.